The van der Waals surface area contributed by atoms with Crippen molar-refractivity contribution in [2.75, 3.05) is 0 Å². The van der Waals surface area contributed by atoms with Crippen molar-refractivity contribution < 1.29 is 14.7 Å². The fraction of sp³-hybridized carbons (Fsp3) is 0.333. The fourth-order valence-corrected chi connectivity index (χ4v) is 3.77. The zero-order valence-electron chi connectivity index (χ0n) is 12.2. The summed E-state index contributed by atoms with van der Waals surface area (Å²) in [7, 11) is 0. The molecule has 2 aliphatic rings. The van der Waals surface area contributed by atoms with Crippen LogP contribution in [-0.2, 0) is 0 Å². The summed E-state index contributed by atoms with van der Waals surface area (Å²) in [6.07, 6.45) is 5.08. The Hall–Kier alpha value is -2.36. The monoisotopic (exact) mass is 295 g/mol. The van der Waals surface area contributed by atoms with E-state index in [0.29, 0.717) is 21.9 Å². The molecule has 1 saturated carbocycles. The zero-order valence-corrected chi connectivity index (χ0v) is 12.2. The number of phenolic OH excluding ortho intramolecular Hbond substituents is 1. The second-order valence-corrected chi connectivity index (χ2v) is 6.13. The van der Waals surface area contributed by atoms with E-state index in [4.69, 9.17) is 0 Å². The van der Waals surface area contributed by atoms with Gasteiger partial charge in [-0.25, -0.2) is 0 Å². The third-order valence-corrected chi connectivity index (χ3v) is 4.86. The van der Waals surface area contributed by atoms with Crippen molar-refractivity contribution in [3.63, 3.8) is 0 Å². The van der Waals surface area contributed by atoms with Crippen LogP contribution in [0.2, 0.25) is 0 Å². The van der Waals surface area contributed by atoms with Crippen LogP contribution in [-0.4, -0.2) is 27.9 Å². The SMILES string of the molecule is O=C1c2cccc3c(O)ccc(c23)C(=O)N1C1CCCCC1. The molecule has 1 aliphatic heterocycles. The Balaban J connectivity index is 1.91. The van der Waals surface area contributed by atoms with Gasteiger partial charge >= 0.3 is 0 Å². The second-order valence-electron chi connectivity index (χ2n) is 6.13. The quantitative estimate of drug-likeness (QED) is 0.819. The maximum absolute atomic E-state index is 12.8. The Bertz CT molecular complexity index is 768. The molecule has 2 aromatic rings. The number of aromatic hydroxyl groups is 1. The van der Waals surface area contributed by atoms with Gasteiger partial charge in [0.05, 0.1) is 0 Å². The highest BCUT2D eigenvalue weighted by Crippen LogP contribution is 2.37. The van der Waals surface area contributed by atoms with Gasteiger partial charge in [0.2, 0.25) is 0 Å². The first kappa shape index (κ1) is 13.3. The van der Waals surface area contributed by atoms with Crippen molar-refractivity contribution in [2.45, 2.75) is 38.1 Å². The molecule has 4 heteroatoms. The number of carbonyl (C=O) groups is 2. The number of hydrogen-bond donors (Lipinski definition) is 1. The molecule has 112 valence electrons. The summed E-state index contributed by atoms with van der Waals surface area (Å²) >= 11 is 0. The summed E-state index contributed by atoms with van der Waals surface area (Å²) in [5, 5.41) is 11.1. The number of phenols is 1. The molecule has 0 spiro atoms. The van der Waals surface area contributed by atoms with Gasteiger partial charge in [-0.15, -0.1) is 0 Å². The molecule has 0 radical (unpaired) electrons. The first-order chi connectivity index (χ1) is 10.7. The lowest BCUT2D eigenvalue weighted by Gasteiger charge is -2.35. The average molecular weight is 295 g/mol. The lowest BCUT2D eigenvalue weighted by atomic mass is 9.89. The fourth-order valence-electron chi connectivity index (χ4n) is 3.77. The second kappa shape index (κ2) is 4.83. The number of nitrogens with zero attached hydrogens (tertiary/aromatic N) is 1. The van der Waals surface area contributed by atoms with Gasteiger partial charge in [0.1, 0.15) is 5.75 Å². The Morgan fingerprint density at radius 2 is 1.59 bits per heavy atom. The molecule has 0 aromatic heterocycles. The van der Waals surface area contributed by atoms with Crippen LogP contribution in [0.1, 0.15) is 52.8 Å². The lowest BCUT2D eigenvalue weighted by molar-refractivity contribution is 0.0503. The van der Waals surface area contributed by atoms with Crippen molar-refractivity contribution in [3.8, 4) is 5.75 Å². The molecule has 22 heavy (non-hydrogen) atoms. The van der Waals surface area contributed by atoms with Crippen LogP contribution < -0.4 is 0 Å². The molecule has 1 aliphatic carbocycles. The molecule has 0 atom stereocenters. The van der Waals surface area contributed by atoms with Gasteiger partial charge in [-0.1, -0.05) is 31.4 Å². The number of carbonyl (C=O) groups excluding carboxylic acids is 2. The smallest absolute Gasteiger partial charge is 0.261 e. The van der Waals surface area contributed by atoms with E-state index in [2.05, 4.69) is 0 Å². The standard InChI is InChI=1S/C18H17NO3/c20-15-10-9-14-16-12(15)7-4-8-13(16)17(21)19(18(14)22)11-5-2-1-3-6-11/h4,7-11,20H,1-3,5-6H2. The van der Waals surface area contributed by atoms with Gasteiger partial charge in [0.15, 0.2) is 0 Å². The summed E-state index contributed by atoms with van der Waals surface area (Å²) in [6.45, 7) is 0. The first-order valence-electron chi connectivity index (χ1n) is 7.81. The van der Waals surface area contributed by atoms with E-state index in [1.54, 1.807) is 24.3 Å². The van der Waals surface area contributed by atoms with E-state index in [1.165, 1.54) is 17.4 Å². The van der Waals surface area contributed by atoms with Crippen molar-refractivity contribution in [3.05, 3.63) is 41.5 Å². The first-order valence-corrected chi connectivity index (χ1v) is 7.81. The maximum Gasteiger partial charge on any atom is 0.261 e. The summed E-state index contributed by atoms with van der Waals surface area (Å²) < 4.78 is 0. The normalized spacial score (nSPS) is 19.0. The molecular formula is C18H17NO3. The summed E-state index contributed by atoms with van der Waals surface area (Å²) in [4.78, 5) is 27.1. The van der Waals surface area contributed by atoms with Crippen LogP contribution in [0.25, 0.3) is 10.8 Å². The molecule has 0 saturated heterocycles. The van der Waals surface area contributed by atoms with E-state index >= 15 is 0 Å². The molecule has 1 N–H and O–H groups in total. The molecule has 2 amide bonds. The van der Waals surface area contributed by atoms with Gasteiger partial charge in [0.25, 0.3) is 11.8 Å². The molecule has 4 rings (SSSR count). The number of rotatable bonds is 1. The predicted octanol–water partition coefficient (Wildman–Crippen LogP) is 3.47. The molecule has 0 unspecified atom stereocenters. The number of amides is 2. The topological polar surface area (TPSA) is 57.6 Å². The number of hydrogen-bond acceptors (Lipinski definition) is 3. The number of benzene rings is 2. The van der Waals surface area contributed by atoms with Crippen LogP contribution in [0, 0.1) is 0 Å². The molecule has 1 fully saturated rings. The van der Waals surface area contributed by atoms with Gasteiger partial charge in [-0.05, 0) is 31.0 Å². The maximum atomic E-state index is 12.8. The van der Waals surface area contributed by atoms with Crippen molar-refractivity contribution in [1.29, 1.82) is 0 Å². The minimum Gasteiger partial charge on any atom is -0.507 e. The highest BCUT2D eigenvalue weighted by atomic mass is 16.3. The Kier molecular flexibility index (Phi) is 2.93. The molecule has 2 aromatic carbocycles. The average Bonchev–Trinajstić information content (AvgIpc) is 2.55. The highest BCUT2D eigenvalue weighted by Gasteiger charge is 2.37. The van der Waals surface area contributed by atoms with E-state index in [9.17, 15) is 14.7 Å². The van der Waals surface area contributed by atoms with E-state index < -0.39 is 0 Å². The molecule has 1 heterocycles. The van der Waals surface area contributed by atoms with Crippen LogP contribution in [0.15, 0.2) is 30.3 Å². The molecule has 4 nitrogen and oxygen atoms in total. The van der Waals surface area contributed by atoms with Crippen LogP contribution >= 0.6 is 0 Å². The lowest BCUT2D eigenvalue weighted by Crippen LogP contribution is -2.47. The van der Waals surface area contributed by atoms with Crippen molar-refractivity contribution in [1.82, 2.24) is 4.90 Å². The van der Waals surface area contributed by atoms with Gasteiger partial charge < -0.3 is 5.11 Å². The minimum atomic E-state index is -0.222. The largest absolute Gasteiger partial charge is 0.507 e. The third kappa shape index (κ3) is 1.76. The molecular weight excluding hydrogens is 278 g/mol. The summed E-state index contributed by atoms with van der Waals surface area (Å²) in [5.74, 6) is -0.339. The minimum absolute atomic E-state index is 0.00552. The van der Waals surface area contributed by atoms with Crippen LogP contribution in [0.3, 0.4) is 0 Å². The highest BCUT2D eigenvalue weighted by molar-refractivity contribution is 6.26. The summed E-state index contributed by atoms with van der Waals surface area (Å²) in [5.41, 5.74) is 1.04. The van der Waals surface area contributed by atoms with Gasteiger partial charge in [0, 0.05) is 27.9 Å². The van der Waals surface area contributed by atoms with Crippen molar-refractivity contribution in [2.24, 2.45) is 0 Å². The van der Waals surface area contributed by atoms with Gasteiger partial charge in [-0.2, -0.15) is 0 Å². The number of imide groups is 1. The van der Waals surface area contributed by atoms with E-state index in [-0.39, 0.29) is 23.6 Å². The predicted molar refractivity (Wildman–Crippen MR) is 83.0 cm³/mol. The zero-order chi connectivity index (χ0) is 15.3. The van der Waals surface area contributed by atoms with Crippen LogP contribution in [0.4, 0.5) is 0 Å². The Labute approximate surface area is 128 Å². The molecule has 0 bridgehead atoms. The van der Waals surface area contributed by atoms with Crippen molar-refractivity contribution >= 4 is 22.6 Å². The summed E-state index contributed by atoms with van der Waals surface area (Å²) in [6, 6.07) is 8.42. The van der Waals surface area contributed by atoms with Gasteiger partial charge in [-0.3, -0.25) is 14.5 Å². The van der Waals surface area contributed by atoms with Crippen LogP contribution in [0.5, 0.6) is 5.75 Å². The Morgan fingerprint density at radius 3 is 2.32 bits per heavy atom. The van der Waals surface area contributed by atoms with E-state index in [1.807, 2.05) is 0 Å². The van der Waals surface area contributed by atoms with E-state index in [0.717, 1.165) is 25.7 Å². The third-order valence-electron chi connectivity index (χ3n) is 4.86. The Morgan fingerprint density at radius 1 is 0.909 bits per heavy atom.